The fourth-order valence-corrected chi connectivity index (χ4v) is 2.11. The molecular formula is C16H23N3O. The topological polar surface area (TPSA) is 39.1 Å². The van der Waals surface area contributed by atoms with E-state index >= 15 is 0 Å². The number of nitrogens with one attached hydrogen (secondary N) is 1. The summed E-state index contributed by atoms with van der Waals surface area (Å²) in [6, 6.07) is 8.89. The molecule has 0 saturated heterocycles. The van der Waals surface area contributed by atoms with Crippen molar-refractivity contribution < 1.29 is 4.74 Å². The minimum atomic E-state index is 0.383. The average Bonchev–Trinajstić information content (AvgIpc) is 2.98. The molecule has 1 unspecified atom stereocenters. The molecule has 1 aromatic heterocycles. The van der Waals surface area contributed by atoms with Gasteiger partial charge in [0.15, 0.2) is 0 Å². The van der Waals surface area contributed by atoms with Crippen LogP contribution in [0.3, 0.4) is 0 Å². The van der Waals surface area contributed by atoms with Gasteiger partial charge in [-0.2, -0.15) is 0 Å². The van der Waals surface area contributed by atoms with Crippen molar-refractivity contribution in [2.45, 2.75) is 26.4 Å². The van der Waals surface area contributed by atoms with E-state index in [2.05, 4.69) is 48.4 Å². The number of methoxy groups -OCH3 is 1. The van der Waals surface area contributed by atoms with Crippen molar-refractivity contribution in [1.29, 1.82) is 0 Å². The molecule has 1 heterocycles. The number of rotatable bonds is 7. The normalized spacial score (nSPS) is 12.8. The highest BCUT2D eigenvalue weighted by Gasteiger charge is 2.11. The van der Waals surface area contributed by atoms with Crippen molar-refractivity contribution in [1.82, 2.24) is 14.9 Å². The van der Waals surface area contributed by atoms with Crippen LogP contribution in [0.1, 0.15) is 19.4 Å². The molecule has 20 heavy (non-hydrogen) atoms. The van der Waals surface area contributed by atoms with E-state index in [0.29, 0.717) is 12.0 Å². The quantitative estimate of drug-likeness (QED) is 0.843. The zero-order valence-electron chi connectivity index (χ0n) is 12.4. The van der Waals surface area contributed by atoms with Gasteiger partial charge in [0.05, 0.1) is 12.9 Å². The second-order valence-corrected chi connectivity index (χ2v) is 5.32. The molecule has 0 radical (unpaired) electrons. The molecule has 0 aliphatic rings. The Kier molecular flexibility index (Phi) is 5.32. The number of hydrogen-bond donors (Lipinski definition) is 1. The van der Waals surface area contributed by atoms with E-state index in [4.69, 9.17) is 4.74 Å². The van der Waals surface area contributed by atoms with Crippen molar-refractivity contribution in [3.8, 4) is 5.69 Å². The highest BCUT2D eigenvalue weighted by Crippen LogP contribution is 2.10. The number of hydrogen-bond acceptors (Lipinski definition) is 3. The zero-order valence-corrected chi connectivity index (χ0v) is 12.4. The van der Waals surface area contributed by atoms with Crippen molar-refractivity contribution in [2.24, 2.45) is 5.92 Å². The molecule has 108 valence electrons. The van der Waals surface area contributed by atoms with Gasteiger partial charge >= 0.3 is 0 Å². The monoisotopic (exact) mass is 273 g/mol. The third-order valence-corrected chi connectivity index (χ3v) is 3.46. The van der Waals surface area contributed by atoms with Crippen LogP contribution in [0.25, 0.3) is 5.69 Å². The average molecular weight is 273 g/mol. The Bertz CT molecular complexity index is 491. The second-order valence-electron chi connectivity index (χ2n) is 5.32. The number of ether oxygens (including phenoxy) is 1. The molecular weight excluding hydrogens is 250 g/mol. The van der Waals surface area contributed by atoms with Gasteiger partial charge in [0.2, 0.25) is 0 Å². The third-order valence-electron chi connectivity index (χ3n) is 3.46. The first kappa shape index (κ1) is 14.8. The highest BCUT2D eigenvalue weighted by atomic mass is 16.5. The van der Waals surface area contributed by atoms with Gasteiger partial charge in [-0.15, -0.1) is 0 Å². The molecule has 0 saturated carbocycles. The first-order chi connectivity index (χ1) is 9.70. The van der Waals surface area contributed by atoms with Gasteiger partial charge < -0.3 is 14.6 Å². The predicted molar refractivity (Wildman–Crippen MR) is 80.9 cm³/mol. The Morgan fingerprint density at radius 2 is 2.00 bits per heavy atom. The number of benzene rings is 1. The fourth-order valence-electron chi connectivity index (χ4n) is 2.11. The Morgan fingerprint density at radius 3 is 2.55 bits per heavy atom. The van der Waals surface area contributed by atoms with Gasteiger partial charge in [0, 0.05) is 37.8 Å². The van der Waals surface area contributed by atoms with Gasteiger partial charge in [-0.05, 0) is 23.6 Å². The second kappa shape index (κ2) is 7.22. The zero-order chi connectivity index (χ0) is 14.4. The number of nitrogens with zero attached hydrogens (tertiary/aromatic N) is 2. The summed E-state index contributed by atoms with van der Waals surface area (Å²) < 4.78 is 7.25. The lowest BCUT2D eigenvalue weighted by Gasteiger charge is -2.21. The molecule has 0 fully saturated rings. The summed E-state index contributed by atoms with van der Waals surface area (Å²) in [7, 11) is 1.75. The van der Waals surface area contributed by atoms with E-state index in [1.165, 1.54) is 5.56 Å². The molecule has 1 atom stereocenters. The van der Waals surface area contributed by atoms with Gasteiger partial charge in [0.1, 0.15) is 0 Å². The van der Waals surface area contributed by atoms with Gasteiger partial charge in [0.25, 0.3) is 0 Å². The fraction of sp³-hybridized carbons (Fsp3) is 0.438. The highest BCUT2D eigenvalue weighted by molar-refractivity contribution is 5.34. The van der Waals surface area contributed by atoms with E-state index in [9.17, 15) is 0 Å². The maximum Gasteiger partial charge on any atom is 0.0991 e. The molecule has 2 rings (SSSR count). The molecule has 0 aliphatic heterocycles. The summed E-state index contributed by atoms with van der Waals surface area (Å²) in [5, 5.41) is 3.55. The molecule has 1 N–H and O–H groups in total. The summed E-state index contributed by atoms with van der Waals surface area (Å²) in [5.74, 6) is 0.556. The first-order valence-corrected chi connectivity index (χ1v) is 7.00. The van der Waals surface area contributed by atoms with Crippen LogP contribution in [0, 0.1) is 5.92 Å². The van der Waals surface area contributed by atoms with Crippen LogP contribution in [0.2, 0.25) is 0 Å². The lowest BCUT2D eigenvalue weighted by molar-refractivity contribution is 0.146. The van der Waals surface area contributed by atoms with Crippen LogP contribution < -0.4 is 5.32 Å². The van der Waals surface area contributed by atoms with Crippen LogP contribution in [-0.2, 0) is 11.3 Å². The van der Waals surface area contributed by atoms with E-state index in [1.807, 2.05) is 10.8 Å². The molecule has 0 amide bonds. The summed E-state index contributed by atoms with van der Waals surface area (Å²) >= 11 is 0. The molecule has 1 aromatic carbocycles. The lowest BCUT2D eigenvalue weighted by atomic mass is 10.0. The SMILES string of the molecule is COCC(NCc1ccc(-n2ccnc2)cc1)C(C)C. The molecule has 4 nitrogen and oxygen atoms in total. The Labute approximate surface area is 120 Å². The van der Waals surface area contributed by atoms with Crippen molar-refractivity contribution >= 4 is 0 Å². The Balaban J connectivity index is 1.93. The van der Waals surface area contributed by atoms with E-state index in [0.717, 1.165) is 18.8 Å². The van der Waals surface area contributed by atoms with Crippen molar-refractivity contribution in [3.63, 3.8) is 0 Å². The largest absolute Gasteiger partial charge is 0.383 e. The maximum atomic E-state index is 5.25. The van der Waals surface area contributed by atoms with E-state index in [-0.39, 0.29) is 0 Å². The molecule has 0 bridgehead atoms. The van der Waals surface area contributed by atoms with E-state index < -0.39 is 0 Å². The van der Waals surface area contributed by atoms with Crippen LogP contribution in [0.15, 0.2) is 43.0 Å². The Hall–Kier alpha value is -1.65. The van der Waals surface area contributed by atoms with Crippen molar-refractivity contribution in [2.75, 3.05) is 13.7 Å². The minimum Gasteiger partial charge on any atom is -0.383 e. The summed E-state index contributed by atoms with van der Waals surface area (Å²) in [4.78, 5) is 4.06. The van der Waals surface area contributed by atoms with Crippen LogP contribution >= 0.6 is 0 Å². The van der Waals surface area contributed by atoms with Crippen LogP contribution in [0.5, 0.6) is 0 Å². The smallest absolute Gasteiger partial charge is 0.0991 e. The predicted octanol–water partition coefficient (Wildman–Crippen LogP) is 2.63. The molecule has 4 heteroatoms. The maximum absolute atomic E-state index is 5.25. The number of imidazole rings is 1. The first-order valence-electron chi connectivity index (χ1n) is 7.00. The minimum absolute atomic E-state index is 0.383. The van der Waals surface area contributed by atoms with Crippen molar-refractivity contribution in [3.05, 3.63) is 48.5 Å². The van der Waals surface area contributed by atoms with Gasteiger partial charge in [-0.3, -0.25) is 0 Å². The number of aromatic nitrogens is 2. The summed E-state index contributed by atoms with van der Waals surface area (Å²) in [5.41, 5.74) is 2.40. The third kappa shape index (κ3) is 3.92. The molecule has 0 spiro atoms. The van der Waals surface area contributed by atoms with Gasteiger partial charge in [-0.25, -0.2) is 4.98 Å². The molecule has 0 aliphatic carbocycles. The van der Waals surface area contributed by atoms with Crippen LogP contribution in [-0.4, -0.2) is 29.3 Å². The standard InChI is InChI=1S/C16H23N3O/c1-13(2)16(11-20-3)18-10-14-4-6-15(7-5-14)19-9-8-17-12-19/h4-9,12-13,16,18H,10-11H2,1-3H3. The summed E-state index contributed by atoms with van der Waals surface area (Å²) in [6.07, 6.45) is 5.54. The van der Waals surface area contributed by atoms with Crippen LogP contribution in [0.4, 0.5) is 0 Å². The summed E-state index contributed by atoms with van der Waals surface area (Å²) in [6.45, 7) is 6.01. The Morgan fingerprint density at radius 1 is 1.25 bits per heavy atom. The van der Waals surface area contributed by atoms with Gasteiger partial charge in [-0.1, -0.05) is 26.0 Å². The van der Waals surface area contributed by atoms with E-state index in [1.54, 1.807) is 19.6 Å². The molecule has 2 aromatic rings. The lowest BCUT2D eigenvalue weighted by Crippen LogP contribution is -2.37.